The fourth-order valence-electron chi connectivity index (χ4n) is 3.29. The Morgan fingerprint density at radius 3 is 2.56 bits per heavy atom. The van der Waals surface area contributed by atoms with Gasteiger partial charge in [-0.15, -0.1) is 0 Å². The van der Waals surface area contributed by atoms with Gasteiger partial charge in [0.1, 0.15) is 0 Å². The SMILES string of the molecule is COc1nc(NCc2cccc(B(O)O)c2)nc(-n2c(OC)nc3c(CN)cccc32)n1. The Labute approximate surface area is 184 Å². The van der Waals surface area contributed by atoms with Gasteiger partial charge in [0.25, 0.3) is 0 Å². The summed E-state index contributed by atoms with van der Waals surface area (Å²) < 4.78 is 12.4. The minimum Gasteiger partial charge on any atom is -0.468 e. The van der Waals surface area contributed by atoms with Gasteiger partial charge >= 0.3 is 19.1 Å². The molecule has 0 aliphatic heterocycles. The minimum atomic E-state index is -1.54. The molecule has 0 spiro atoms. The summed E-state index contributed by atoms with van der Waals surface area (Å²) in [5.74, 6) is 0.521. The standard InChI is InChI=1S/C20H22BN7O4/c1-31-19-26-17(23-11-12-5-3-7-14(9-12)21(29)30)25-18(27-19)28-15-8-4-6-13(10-22)16(15)24-20(28)32-2/h3-9,29-30H,10-11,22H2,1-2H3,(H,23,25,26,27). The van der Waals surface area contributed by atoms with Crippen LogP contribution in [0, 0.1) is 0 Å². The largest absolute Gasteiger partial charge is 0.488 e. The lowest BCUT2D eigenvalue weighted by Crippen LogP contribution is -2.30. The molecule has 2 heterocycles. The van der Waals surface area contributed by atoms with E-state index < -0.39 is 7.12 Å². The van der Waals surface area contributed by atoms with Crippen molar-refractivity contribution in [1.29, 1.82) is 0 Å². The number of anilines is 1. The number of nitrogens with zero attached hydrogens (tertiary/aromatic N) is 5. The van der Waals surface area contributed by atoms with Gasteiger partial charge in [-0.1, -0.05) is 36.4 Å². The maximum atomic E-state index is 9.37. The van der Waals surface area contributed by atoms with Crippen LogP contribution in [-0.2, 0) is 13.1 Å². The summed E-state index contributed by atoms with van der Waals surface area (Å²) in [5.41, 5.74) is 9.35. The molecule has 4 rings (SSSR count). The smallest absolute Gasteiger partial charge is 0.468 e. The number of fused-ring (bicyclic) bond motifs is 1. The van der Waals surface area contributed by atoms with Crippen LogP contribution in [0.15, 0.2) is 42.5 Å². The monoisotopic (exact) mass is 435 g/mol. The normalized spacial score (nSPS) is 10.9. The lowest BCUT2D eigenvalue weighted by atomic mass is 9.80. The number of rotatable bonds is 8. The first-order valence-electron chi connectivity index (χ1n) is 9.77. The highest BCUT2D eigenvalue weighted by Crippen LogP contribution is 2.27. The summed E-state index contributed by atoms with van der Waals surface area (Å²) in [6.07, 6.45) is 0. The molecule has 12 heteroatoms. The summed E-state index contributed by atoms with van der Waals surface area (Å²) in [5, 5.41) is 21.9. The lowest BCUT2D eigenvalue weighted by Gasteiger charge is -2.11. The number of hydrogen-bond donors (Lipinski definition) is 4. The molecule has 164 valence electrons. The summed E-state index contributed by atoms with van der Waals surface area (Å²) in [4.78, 5) is 17.7. The number of methoxy groups -OCH3 is 2. The third-order valence-electron chi connectivity index (χ3n) is 4.83. The van der Waals surface area contributed by atoms with E-state index in [-0.39, 0.29) is 17.9 Å². The van der Waals surface area contributed by atoms with E-state index in [2.05, 4.69) is 25.3 Å². The Balaban J connectivity index is 1.72. The summed E-state index contributed by atoms with van der Waals surface area (Å²) in [7, 11) is 1.43. The molecule has 0 atom stereocenters. The van der Waals surface area contributed by atoms with E-state index in [4.69, 9.17) is 15.2 Å². The van der Waals surface area contributed by atoms with Crippen molar-refractivity contribution in [3.05, 3.63) is 53.6 Å². The molecule has 0 fully saturated rings. The molecular weight excluding hydrogens is 413 g/mol. The number of hydrogen-bond acceptors (Lipinski definition) is 10. The Bertz CT molecular complexity index is 1250. The van der Waals surface area contributed by atoms with Crippen LogP contribution in [0.2, 0.25) is 0 Å². The first-order valence-corrected chi connectivity index (χ1v) is 9.77. The highest BCUT2D eigenvalue weighted by atomic mass is 16.5. The zero-order valence-corrected chi connectivity index (χ0v) is 17.6. The summed E-state index contributed by atoms with van der Waals surface area (Å²) in [6, 6.07) is 12.9. The minimum absolute atomic E-state index is 0.107. The van der Waals surface area contributed by atoms with Crippen molar-refractivity contribution >= 4 is 29.6 Å². The van der Waals surface area contributed by atoms with E-state index in [9.17, 15) is 10.0 Å². The van der Waals surface area contributed by atoms with Crippen LogP contribution < -0.4 is 26.0 Å². The van der Waals surface area contributed by atoms with E-state index >= 15 is 0 Å². The van der Waals surface area contributed by atoms with Crippen molar-refractivity contribution in [2.45, 2.75) is 13.1 Å². The van der Waals surface area contributed by atoms with Gasteiger partial charge in [0.15, 0.2) is 0 Å². The van der Waals surface area contributed by atoms with Gasteiger partial charge in [0.2, 0.25) is 11.9 Å². The molecule has 2 aromatic carbocycles. The topological polar surface area (TPSA) is 153 Å². The number of para-hydroxylation sites is 1. The number of imidazole rings is 1. The molecule has 0 aliphatic rings. The second-order valence-electron chi connectivity index (χ2n) is 6.84. The number of nitrogens with two attached hydrogens (primary N) is 1. The summed E-state index contributed by atoms with van der Waals surface area (Å²) in [6.45, 7) is 0.665. The second-order valence-corrected chi connectivity index (χ2v) is 6.84. The van der Waals surface area contributed by atoms with Crippen LogP contribution in [0.25, 0.3) is 17.0 Å². The van der Waals surface area contributed by atoms with E-state index in [0.29, 0.717) is 30.1 Å². The molecule has 5 N–H and O–H groups in total. The lowest BCUT2D eigenvalue weighted by molar-refractivity contribution is 0.366. The van der Waals surface area contributed by atoms with Crippen LogP contribution in [0.1, 0.15) is 11.1 Å². The van der Waals surface area contributed by atoms with Gasteiger partial charge in [-0.25, -0.2) is 4.57 Å². The Hall–Kier alpha value is -3.74. The molecule has 0 saturated heterocycles. The van der Waals surface area contributed by atoms with Gasteiger partial charge in [0.05, 0.1) is 25.3 Å². The maximum Gasteiger partial charge on any atom is 0.488 e. The third kappa shape index (κ3) is 4.19. The van der Waals surface area contributed by atoms with E-state index in [1.165, 1.54) is 14.2 Å². The number of ether oxygens (including phenoxy) is 2. The Morgan fingerprint density at radius 1 is 1.03 bits per heavy atom. The molecule has 0 amide bonds. The molecular formula is C20H22BN7O4. The average molecular weight is 435 g/mol. The fraction of sp³-hybridized carbons (Fsp3) is 0.200. The molecule has 0 aliphatic carbocycles. The van der Waals surface area contributed by atoms with Crippen LogP contribution in [-0.4, -0.2) is 55.9 Å². The van der Waals surface area contributed by atoms with Crippen LogP contribution in [0.5, 0.6) is 12.0 Å². The van der Waals surface area contributed by atoms with Crippen molar-refractivity contribution in [3.8, 4) is 18.0 Å². The van der Waals surface area contributed by atoms with E-state index in [1.807, 2.05) is 24.3 Å². The van der Waals surface area contributed by atoms with Crippen LogP contribution in [0.4, 0.5) is 5.95 Å². The van der Waals surface area contributed by atoms with Gasteiger partial charge in [0, 0.05) is 13.1 Å². The van der Waals surface area contributed by atoms with E-state index in [1.54, 1.807) is 22.8 Å². The number of nitrogens with one attached hydrogen (secondary N) is 1. The summed E-state index contributed by atoms with van der Waals surface area (Å²) >= 11 is 0. The highest BCUT2D eigenvalue weighted by molar-refractivity contribution is 6.58. The molecule has 0 unspecified atom stereocenters. The maximum absolute atomic E-state index is 9.37. The molecule has 0 bridgehead atoms. The van der Waals surface area contributed by atoms with Crippen LogP contribution in [0.3, 0.4) is 0 Å². The molecule has 0 saturated carbocycles. The quantitative estimate of drug-likeness (QED) is 0.278. The molecule has 0 radical (unpaired) electrons. The fourth-order valence-corrected chi connectivity index (χ4v) is 3.29. The molecule has 11 nitrogen and oxygen atoms in total. The first-order chi connectivity index (χ1) is 15.5. The molecule has 32 heavy (non-hydrogen) atoms. The van der Waals surface area contributed by atoms with Crippen LogP contribution >= 0.6 is 0 Å². The Kier molecular flexibility index (Phi) is 6.17. The second kappa shape index (κ2) is 9.18. The van der Waals surface area contributed by atoms with Crippen molar-refractivity contribution in [3.63, 3.8) is 0 Å². The first kappa shape index (κ1) is 21.5. The van der Waals surface area contributed by atoms with Crippen molar-refractivity contribution in [2.24, 2.45) is 5.73 Å². The molecule has 4 aromatic rings. The van der Waals surface area contributed by atoms with Gasteiger partial charge in [-0.2, -0.15) is 19.9 Å². The highest BCUT2D eigenvalue weighted by Gasteiger charge is 2.19. The number of aromatic nitrogens is 5. The van der Waals surface area contributed by atoms with E-state index in [0.717, 1.165) is 16.6 Å². The van der Waals surface area contributed by atoms with Gasteiger partial charge < -0.3 is 30.6 Å². The van der Waals surface area contributed by atoms with Crippen molar-refractivity contribution in [2.75, 3.05) is 19.5 Å². The van der Waals surface area contributed by atoms with Crippen molar-refractivity contribution in [1.82, 2.24) is 24.5 Å². The predicted octanol–water partition coefficient (Wildman–Crippen LogP) is -0.0217. The third-order valence-corrected chi connectivity index (χ3v) is 4.83. The zero-order valence-electron chi connectivity index (χ0n) is 17.6. The van der Waals surface area contributed by atoms with Gasteiger partial charge in [-0.05, 0) is 22.7 Å². The molecule has 2 aromatic heterocycles. The van der Waals surface area contributed by atoms with Crippen molar-refractivity contribution < 1.29 is 19.5 Å². The zero-order chi connectivity index (χ0) is 22.7. The van der Waals surface area contributed by atoms with Gasteiger partial charge in [-0.3, -0.25) is 0 Å². The number of benzene rings is 2. The predicted molar refractivity (Wildman–Crippen MR) is 119 cm³/mol. The average Bonchev–Trinajstić information content (AvgIpc) is 3.21. The Morgan fingerprint density at radius 2 is 1.84 bits per heavy atom.